The van der Waals surface area contributed by atoms with Crippen molar-refractivity contribution in [1.29, 1.82) is 0 Å². The van der Waals surface area contributed by atoms with Crippen LogP contribution in [-0.2, 0) is 21.4 Å². The van der Waals surface area contributed by atoms with E-state index in [-0.39, 0.29) is 19.0 Å². The molecule has 0 atom stereocenters. The van der Waals surface area contributed by atoms with E-state index in [1.165, 1.54) is 4.31 Å². The first-order valence-corrected chi connectivity index (χ1v) is 8.45. The number of sulfonamides is 1. The van der Waals surface area contributed by atoms with E-state index < -0.39 is 10.0 Å². The molecular formula is C14H22N2O3S. The fourth-order valence-corrected chi connectivity index (χ4v) is 2.47. The quantitative estimate of drug-likeness (QED) is 0.824. The molecule has 0 bridgehead atoms. The van der Waals surface area contributed by atoms with Crippen molar-refractivity contribution in [3.05, 3.63) is 35.4 Å². The fraction of sp³-hybridized carbons (Fsp3) is 0.500. The highest BCUT2D eigenvalue weighted by Gasteiger charge is 2.20. The molecule has 0 unspecified atom stereocenters. The largest absolute Gasteiger partial charge is 0.355 e. The Balaban J connectivity index is 2.81. The van der Waals surface area contributed by atoms with E-state index in [0.717, 1.165) is 23.8 Å². The van der Waals surface area contributed by atoms with Crippen LogP contribution in [0.2, 0.25) is 0 Å². The summed E-state index contributed by atoms with van der Waals surface area (Å²) >= 11 is 0. The second-order valence-electron chi connectivity index (χ2n) is 4.81. The van der Waals surface area contributed by atoms with E-state index in [0.29, 0.717) is 6.54 Å². The van der Waals surface area contributed by atoms with E-state index >= 15 is 0 Å². The molecule has 0 aliphatic heterocycles. The van der Waals surface area contributed by atoms with Crippen LogP contribution in [0.4, 0.5) is 0 Å². The second kappa shape index (κ2) is 7.40. The van der Waals surface area contributed by atoms with Gasteiger partial charge in [-0.05, 0) is 24.5 Å². The summed E-state index contributed by atoms with van der Waals surface area (Å²) in [5.41, 5.74) is 1.91. The third kappa shape index (κ3) is 5.30. The maximum absolute atomic E-state index is 11.8. The number of aryl methyl sites for hydroxylation is 1. The molecule has 1 rings (SSSR count). The van der Waals surface area contributed by atoms with E-state index in [9.17, 15) is 13.2 Å². The van der Waals surface area contributed by atoms with Crippen molar-refractivity contribution in [1.82, 2.24) is 9.62 Å². The Labute approximate surface area is 121 Å². The third-order valence-electron chi connectivity index (χ3n) is 2.97. The fourth-order valence-electron chi connectivity index (χ4n) is 1.75. The lowest BCUT2D eigenvalue weighted by Gasteiger charge is -2.20. The van der Waals surface area contributed by atoms with Crippen molar-refractivity contribution >= 4 is 15.9 Å². The van der Waals surface area contributed by atoms with Gasteiger partial charge < -0.3 is 5.32 Å². The zero-order valence-electron chi connectivity index (χ0n) is 12.2. The number of benzene rings is 1. The minimum atomic E-state index is -3.43. The number of nitrogens with one attached hydrogen (secondary N) is 1. The number of rotatable bonds is 7. The number of carbonyl (C=O) groups is 1. The molecule has 1 amide bonds. The summed E-state index contributed by atoms with van der Waals surface area (Å²) in [5, 5.41) is 2.69. The Morgan fingerprint density at radius 1 is 1.30 bits per heavy atom. The van der Waals surface area contributed by atoms with Crippen LogP contribution in [0.1, 0.15) is 24.5 Å². The number of carbonyl (C=O) groups excluding carboxylic acids is 1. The van der Waals surface area contributed by atoms with Crippen molar-refractivity contribution in [3.63, 3.8) is 0 Å². The highest BCUT2D eigenvalue weighted by molar-refractivity contribution is 7.88. The van der Waals surface area contributed by atoms with Crippen LogP contribution in [0.25, 0.3) is 0 Å². The standard InChI is InChI=1S/C14H22N2O3S/c1-4-9-15-14(17)11-16(20(3,18)19)10-13-8-6-5-7-12(13)2/h5-8H,4,9-11H2,1-3H3,(H,15,17). The summed E-state index contributed by atoms with van der Waals surface area (Å²) in [6.07, 6.45) is 1.95. The molecule has 0 saturated heterocycles. The summed E-state index contributed by atoms with van der Waals surface area (Å²) in [5.74, 6) is -0.272. The minimum Gasteiger partial charge on any atom is -0.355 e. The Morgan fingerprint density at radius 3 is 2.50 bits per heavy atom. The van der Waals surface area contributed by atoms with E-state index in [1.54, 1.807) is 0 Å². The van der Waals surface area contributed by atoms with Crippen LogP contribution >= 0.6 is 0 Å². The number of hydrogen-bond acceptors (Lipinski definition) is 3. The Hall–Kier alpha value is -1.40. The molecule has 6 heteroatoms. The van der Waals surface area contributed by atoms with Crippen molar-refractivity contribution in [2.24, 2.45) is 0 Å². The second-order valence-corrected chi connectivity index (χ2v) is 6.79. The molecule has 0 radical (unpaired) electrons. The van der Waals surface area contributed by atoms with Gasteiger partial charge in [-0.15, -0.1) is 0 Å². The lowest BCUT2D eigenvalue weighted by molar-refractivity contribution is -0.121. The van der Waals surface area contributed by atoms with Gasteiger partial charge in [0.2, 0.25) is 15.9 Å². The van der Waals surface area contributed by atoms with E-state index in [2.05, 4.69) is 5.32 Å². The summed E-state index contributed by atoms with van der Waals surface area (Å²) in [6, 6.07) is 7.56. The average Bonchev–Trinajstić information content (AvgIpc) is 2.37. The molecule has 0 spiro atoms. The molecule has 0 aromatic heterocycles. The zero-order valence-corrected chi connectivity index (χ0v) is 13.0. The lowest BCUT2D eigenvalue weighted by Crippen LogP contribution is -2.40. The molecule has 0 saturated carbocycles. The summed E-state index contributed by atoms with van der Waals surface area (Å²) in [6.45, 7) is 4.49. The number of hydrogen-bond donors (Lipinski definition) is 1. The number of nitrogens with zero attached hydrogens (tertiary/aromatic N) is 1. The molecular weight excluding hydrogens is 276 g/mol. The first-order chi connectivity index (χ1) is 9.34. The van der Waals surface area contributed by atoms with Crippen LogP contribution < -0.4 is 5.32 Å². The van der Waals surface area contributed by atoms with Gasteiger partial charge in [0, 0.05) is 13.1 Å². The maximum Gasteiger partial charge on any atom is 0.235 e. The van der Waals surface area contributed by atoms with Crippen LogP contribution in [0.3, 0.4) is 0 Å². The van der Waals surface area contributed by atoms with Gasteiger partial charge >= 0.3 is 0 Å². The predicted octanol–water partition coefficient (Wildman–Crippen LogP) is 1.28. The Kier molecular flexibility index (Phi) is 6.16. The van der Waals surface area contributed by atoms with Gasteiger partial charge in [0.05, 0.1) is 12.8 Å². The van der Waals surface area contributed by atoms with Crippen LogP contribution in [0.5, 0.6) is 0 Å². The van der Waals surface area contributed by atoms with Gasteiger partial charge in [-0.3, -0.25) is 4.79 Å². The highest BCUT2D eigenvalue weighted by Crippen LogP contribution is 2.12. The monoisotopic (exact) mass is 298 g/mol. The Bertz CT molecular complexity index is 555. The number of amides is 1. The van der Waals surface area contributed by atoms with E-state index in [1.807, 2.05) is 38.1 Å². The first kappa shape index (κ1) is 16.7. The molecule has 0 aliphatic carbocycles. The molecule has 0 fully saturated rings. The van der Waals surface area contributed by atoms with Gasteiger partial charge in [-0.2, -0.15) is 4.31 Å². The van der Waals surface area contributed by atoms with Gasteiger partial charge in [0.25, 0.3) is 0 Å². The molecule has 1 aromatic carbocycles. The normalized spacial score (nSPS) is 11.6. The van der Waals surface area contributed by atoms with Crippen LogP contribution in [0.15, 0.2) is 24.3 Å². The predicted molar refractivity (Wildman–Crippen MR) is 79.7 cm³/mol. The van der Waals surface area contributed by atoms with Crippen molar-refractivity contribution in [2.75, 3.05) is 19.3 Å². The zero-order chi connectivity index (χ0) is 15.2. The van der Waals surface area contributed by atoms with Gasteiger partial charge in [-0.25, -0.2) is 8.42 Å². The molecule has 1 aromatic rings. The molecule has 0 aliphatic rings. The Morgan fingerprint density at radius 2 is 1.95 bits per heavy atom. The summed E-state index contributed by atoms with van der Waals surface area (Å²) in [7, 11) is -3.43. The third-order valence-corrected chi connectivity index (χ3v) is 4.17. The molecule has 0 heterocycles. The van der Waals surface area contributed by atoms with Crippen LogP contribution in [0, 0.1) is 6.92 Å². The van der Waals surface area contributed by atoms with E-state index in [4.69, 9.17) is 0 Å². The van der Waals surface area contributed by atoms with Gasteiger partial charge in [0.1, 0.15) is 0 Å². The maximum atomic E-state index is 11.8. The lowest BCUT2D eigenvalue weighted by atomic mass is 10.1. The van der Waals surface area contributed by atoms with Crippen molar-refractivity contribution < 1.29 is 13.2 Å². The minimum absolute atomic E-state index is 0.146. The highest BCUT2D eigenvalue weighted by atomic mass is 32.2. The summed E-state index contributed by atoms with van der Waals surface area (Å²) < 4.78 is 24.8. The van der Waals surface area contributed by atoms with Crippen molar-refractivity contribution in [2.45, 2.75) is 26.8 Å². The van der Waals surface area contributed by atoms with Gasteiger partial charge in [-0.1, -0.05) is 31.2 Å². The SMILES string of the molecule is CCCNC(=O)CN(Cc1ccccc1C)S(C)(=O)=O. The van der Waals surface area contributed by atoms with Gasteiger partial charge in [0.15, 0.2) is 0 Å². The van der Waals surface area contributed by atoms with Crippen molar-refractivity contribution in [3.8, 4) is 0 Å². The topological polar surface area (TPSA) is 66.5 Å². The first-order valence-electron chi connectivity index (χ1n) is 6.61. The summed E-state index contributed by atoms with van der Waals surface area (Å²) in [4.78, 5) is 11.7. The average molecular weight is 298 g/mol. The molecule has 20 heavy (non-hydrogen) atoms. The van der Waals surface area contributed by atoms with Crippen LogP contribution in [-0.4, -0.2) is 38.0 Å². The molecule has 112 valence electrons. The molecule has 1 N–H and O–H groups in total. The smallest absolute Gasteiger partial charge is 0.235 e. The molecule has 5 nitrogen and oxygen atoms in total.